The largest absolute Gasteiger partial charge is 0.464 e. The van der Waals surface area contributed by atoms with Crippen molar-refractivity contribution in [1.82, 2.24) is 10.2 Å². The molecule has 0 spiro atoms. The highest BCUT2D eigenvalue weighted by atomic mass is 19.1. The first-order valence-corrected chi connectivity index (χ1v) is 10.1. The van der Waals surface area contributed by atoms with Crippen molar-refractivity contribution in [3.63, 3.8) is 0 Å². The zero-order valence-electron chi connectivity index (χ0n) is 16.9. The summed E-state index contributed by atoms with van der Waals surface area (Å²) in [5.74, 6) is 1.79. The molecule has 1 aromatic carbocycles. The summed E-state index contributed by atoms with van der Waals surface area (Å²) in [6.45, 7) is 2.54. The number of halogens is 1. The van der Waals surface area contributed by atoms with Crippen molar-refractivity contribution in [2.45, 2.75) is 44.7 Å². The van der Waals surface area contributed by atoms with Crippen LogP contribution in [0.3, 0.4) is 0 Å². The van der Waals surface area contributed by atoms with E-state index >= 15 is 0 Å². The Morgan fingerprint density at radius 3 is 2.60 bits per heavy atom. The molecule has 2 fully saturated rings. The normalized spacial score (nSPS) is 22.9. The summed E-state index contributed by atoms with van der Waals surface area (Å²) in [4.78, 5) is 39.8. The van der Waals surface area contributed by atoms with Crippen molar-refractivity contribution >= 4 is 23.5 Å². The molecule has 2 aromatic rings. The topological polar surface area (TPSA) is 82.9 Å². The molecular formula is C22H24FN3O4. The lowest BCUT2D eigenvalue weighted by molar-refractivity contribution is -0.131. The second-order valence-corrected chi connectivity index (χ2v) is 8.06. The Bertz CT molecular complexity index is 971. The van der Waals surface area contributed by atoms with Crippen LogP contribution in [0.4, 0.5) is 14.9 Å². The van der Waals surface area contributed by atoms with E-state index < -0.39 is 23.8 Å². The van der Waals surface area contributed by atoms with Gasteiger partial charge in [-0.2, -0.15) is 0 Å². The lowest BCUT2D eigenvalue weighted by Crippen LogP contribution is -2.33. The van der Waals surface area contributed by atoms with E-state index in [4.69, 9.17) is 4.42 Å². The van der Waals surface area contributed by atoms with Gasteiger partial charge in [0.2, 0.25) is 5.91 Å². The fourth-order valence-corrected chi connectivity index (χ4v) is 3.74. The number of imide groups is 1. The van der Waals surface area contributed by atoms with Gasteiger partial charge in [0.25, 0.3) is 5.91 Å². The monoisotopic (exact) mass is 413 g/mol. The fourth-order valence-electron chi connectivity index (χ4n) is 3.74. The summed E-state index contributed by atoms with van der Waals surface area (Å²) in [5.41, 5.74) is 0.295. The van der Waals surface area contributed by atoms with Crippen LogP contribution in [-0.4, -0.2) is 35.8 Å². The van der Waals surface area contributed by atoms with E-state index in [0.717, 1.165) is 22.8 Å². The van der Waals surface area contributed by atoms with Gasteiger partial charge < -0.3 is 14.6 Å². The Balaban J connectivity index is 1.30. The number of carbonyl (C=O) groups excluding carboxylic acids is 3. The van der Waals surface area contributed by atoms with Crippen LogP contribution in [0.2, 0.25) is 0 Å². The Labute approximate surface area is 173 Å². The maximum absolute atomic E-state index is 13.1. The molecule has 1 aliphatic carbocycles. The van der Waals surface area contributed by atoms with Crippen molar-refractivity contribution in [3.05, 3.63) is 53.7 Å². The number of hydrogen-bond donors (Lipinski definition) is 1. The number of urea groups is 1. The summed E-state index contributed by atoms with van der Waals surface area (Å²) < 4.78 is 18.9. The number of furan rings is 1. The highest BCUT2D eigenvalue weighted by molar-refractivity contribution is 6.21. The predicted molar refractivity (Wildman–Crippen MR) is 107 cm³/mol. The van der Waals surface area contributed by atoms with E-state index in [0.29, 0.717) is 24.1 Å². The van der Waals surface area contributed by atoms with E-state index in [1.807, 2.05) is 12.1 Å². The Morgan fingerprint density at radius 2 is 1.93 bits per heavy atom. The van der Waals surface area contributed by atoms with Gasteiger partial charge in [0.15, 0.2) is 0 Å². The van der Waals surface area contributed by atoms with Crippen LogP contribution in [0.1, 0.15) is 43.6 Å². The van der Waals surface area contributed by atoms with Gasteiger partial charge in [0, 0.05) is 19.4 Å². The molecule has 4 rings (SSSR count). The molecular weight excluding hydrogens is 389 g/mol. The molecule has 30 heavy (non-hydrogen) atoms. The number of benzene rings is 1. The molecule has 1 saturated carbocycles. The van der Waals surface area contributed by atoms with Crippen LogP contribution >= 0.6 is 0 Å². The van der Waals surface area contributed by atoms with Gasteiger partial charge in [0.1, 0.15) is 23.4 Å². The number of amides is 4. The van der Waals surface area contributed by atoms with E-state index in [9.17, 15) is 18.8 Å². The molecule has 1 aliphatic heterocycles. The minimum Gasteiger partial charge on any atom is -0.464 e. The Kier molecular flexibility index (Phi) is 5.32. The van der Waals surface area contributed by atoms with Crippen LogP contribution in [-0.2, 0) is 16.1 Å². The van der Waals surface area contributed by atoms with Gasteiger partial charge in [0.05, 0.1) is 12.2 Å². The van der Waals surface area contributed by atoms with Gasteiger partial charge in [-0.15, -0.1) is 0 Å². The summed E-state index contributed by atoms with van der Waals surface area (Å²) in [6.07, 6.45) is 1.43. The third-order valence-corrected chi connectivity index (χ3v) is 5.73. The van der Waals surface area contributed by atoms with Crippen LogP contribution in [0, 0.1) is 11.7 Å². The SMILES string of the molecule is C[C@@H]1C[C@@H]1c1ccc(CN(C)C(=O)CC[C@H]2NC(=O)N(c3ccc(F)cc3)C2=O)o1. The number of carbonyl (C=O) groups is 3. The van der Waals surface area contributed by atoms with Gasteiger partial charge >= 0.3 is 6.03 Å². The Hall–Kier alpha value is -3.16. The van der Waals surface area contributed by atoms with E-state index in [1.54, 1.807) is 11.9 Å². The Morgan fingerprint density at radius 1 is 1.23 bits per heavy atom. The van der Waals surface area contributed by atoms with E-state index in [2.05, 4.69) is 12.2 Å². The first-order valence-electron chi connectivity index (χ1n) is 10.1. The predicted octanol–water partition coefficient (Wildman–Crippen LogP) is 3.41. The number of nitrogens with zero attached hydrogens (tertiary/aromatic N) is 2. The molecule has 2 aliphatic rings. The second kappa shape index (κ2) is 7.93. The summed E-state index contributed by atoms with van der Waals surface area (Å²) in [5, 5.41) is 2.59. The van der Waals surface area contributed by atoms with Crippen LogP contribution < -0.4 is 10.2 Å². The molecule has 2 heterocycles. The lowest BCUT2D eigenvalue weighted by Gasteiger charge is -2.17. The molecule has 8 heteroatoms. The average Bonchev–Trinajstić information content (AvgIpc) is 3.14. The van der Waals surface area contributed by atoms with Crippen LogP contribution in [0.5, 0.6) is 0 Å². The standard InChI is InChI=1S/C22H24FN3O4/c1-13-11-17(13)19-9-7-16(30-19)12-25(2)20(27)10-8-18-21(28)26(22(29)24-18)15-5-3-14(23)4-6-15/h3-7,9,13,17-18H,8,10-12H2,1-2H3,(H,24,29)/t13-,17+,18-/m1/s1. The third-order valence-electron chi connectivity index (χ3n) is 5.73. The zero-order chi connectivity index (χ0) is 21.4. The summed E-state index contributed by atoms with van der Waals surface area (Å²) in [7, 11) is 1.68. The van der Waals surface area contributed by atoms with Gasteiger partial charge in [-0.3, -0.25) is 9.59 Å². The molecule has 158 valence electrons. The molecule has 1 N–H and O–H groups in total. The van der Waals surface area contributed by atoms with Gasteiger partial charge in [-0.1, -0.05) is 6.92 Å². The highest BCUT2D eigenvalue weighted by Crippen LogP contribution is 2.47. The third kappa shape index (κ3) is 4.08. The second-order valence-electron chi connectivity index (χ2n) is 8.06. The lowest BCUT2D eigenvalue weighted by atomic mass is 10.1. The molecule has 0 radical (unpaired) electrons. The van der Waals surface area contributed by atoms with Crippen molar-refractivity contribution in [2.75, 3.05) is 11.9 Å². The molecule has 0 bridgehead atoms. The first kappa shape index (κ1) is 20.1. The zero-order valence-corrected chi connectivity index (χ0v) is 16.9. The number of anilines is 1. The van der Waals surface area contributed by atoms with Gasteiger partial charge in [-0.25, -0.2) is 14.1 Å². The molecule has 1 saturated heterocycles. The fraction of sp³-hybridized carbons (Fsp3) is 0.409. The smallest absolute Gasteiger partial charge is 0.329 e. The molecule has 4 amide bonds. The molecule has 7 nitrogen and oxygen atoms in total. The average molecular weight is 413 g/mol. The maximum atomic E-state index is 13.1. The minimum absolute atomic E-state index is 0.109. The first-order chi connectivity index (χ1) is 14.3. The molecule has 1 aromatic heterocycles. The van der Waals surface area contributed by atoms with E-state index in [1.165, 1.54) is 24.3 Å². The number of hydrogen-bond acceptors (Lipinski definition) is 4. The summed E-state index contributed by atoms with van der Waals surface area (Å²) >= 11 is 0. The van der Waals surface area contributed by atoms with E-state index in [-0.39, 0.29) is 18.7 Å². The van der Waals surface area contributed by atoms with Crippen LogP contribution in [0.15, 0.2) is 40.8 Å². The molecule has 0 unspecified atom stereocenters. The van der Waals surface area contributed by atoms with Crippen molar-refractivity contribution in [3.8, 4) is 0 Å². The number of rotatable bonds is 7. The minimum atomic E-state index is -0.786. The molecule has 3 atom stereocenters. The quantitative estimate of drug-likeness (QED) is 0.706. The van der Waals surface area contributed by atoms with Crippen molar-refractivity contribution < 1.29 is 23.2 Å². The van der Waals surface area contributed by atoms with Crippen molar-refractivity contribution in [1.29, 1.82) is 0 Å². The van der Waals surface area contributed by atoms with Crippen molar-refractivity contribution in [2.24, 2.45) is 5.92 Å². The van der Waals surface area contributed by atoms with Crippen LogP contribution in [0.25, 0.3) is 0 Å². The van der Waals surface area contributed by atoms with Gasteiger partial charge in [-0.05, 0) is 55.2 Å². The summed E-state index contributed by atoms with van der Waals surface area (Å²) in [6, 6.07) is 7.62. The highest BCUT2D eigenvalue weighted by Gasteiger charge is 2.39. The maximum Gasteiger partial charge on any atom is 0.329 e. The number of nitrogens with one attached hydrogen (secondary N) is 1.